The van der Waals surface area contributed by atoms with Gasteiger partial charge < -0.3 is 20.1 Å². The third-order valence-electron chi connectivity index (χ3n) is 4.65. The summed E-state index contributed by atoms with van der Waals surface area (Å²) in [5.74, 6) is 1.12. The van der Waals surface area contributed by atoms with E-state index in [1.165, 1.54) is 0 Å². The smallest absolute Gasteiger partial charge is 0.171 e. The van der Waals surface area contributed by atoms with E-state index in [0.717, 1.165) is 16.8 Å². The lowest BCUT2D eigenvalue weighted by Crippen LogP contribution is -2.44. The summed E-state index contributed by atoms with van der Waals surface area (Å²) >= 11 is 17.5. The summed E-state index contributed by atoms with van der Waals surface area (Å²) in [4.78, 5) is 12.2. The Morgan fingerprint density at radius 3 is 2.57 bits per heavy atom. The largest absolute Gasteiger partial charge is 0.490 e. The van der Waals surface area contributed by atoms with E-state index in [9.17, 15) is 4.79 Å². The predicted molar refractivity (Wildman–Crippen MR) is 123 cm³/mol. The lowest BCUT2D eigenvalue weighted by atomic mass is 9.93. The van der Waals surface area contributed by atoms with Crippen LogP contribution < -0.4 is 20.1 Å². The highest BCUT2D eigenvalue weighted by Crippen LogP contribution is 2.35. The zero-order valence-electron chi connectivity index (χ0n) is 16.8. The summed E-state index contributed by atoms with van der Waals surface area (Å²) in [6.45, 7) is 6.01. The van der Waals surface area contributed by atoms with Gasteiger partial charge in [-0.05, 0) is 62.8 Å². The molecule has 2 N–H and O–H groups in total. The molecule has 1 atom stereocenters. The first kappa shape index (κ1) is 22.4. The average molecular weight is 465 g/mol. The molecule has 8 heteroatoms. The minimum absolute atomic E-state index is 0.0318. The van der Waals surface area contributed by atoms with Crippen LogP contribution in [0.4, 0.5) is 0 Å². The highest BCUT2D eigenvalue weighted by molar-refractivity contribution is 7.80. The average Bonchev–Trinajstić information content (AvgIpc) is 2.67. The zero-order valence-corrected chi connectivity index (χ0v) is 19.2. The Labute approximate surface area is 191 Å². The molecule has 2 aromatic carbocycles. The Morgan fingerprint density at radius 1 is 1.13 bits per heavy atom. The van der Waals surface area contributed by atoms with Crippen molar-refractivity contribution in [1.82, 2.24) is 10.6 Å². The number of carbonyl (C=O) groups is 1. The second-order valence-electron chi connectivity index (χ2n) is 6.79. The molecular weight excluding hydrogens is 443 g/mol. The molecular formula is C22H22Cl2N2O3S. The van der Waals surface area contributed by atoms with Gasteiger partial charge in [0.2, 0.25) is 0 Å². The van der Waals surface area contributed by atoms with Crippen molar-refractivity contribution in [2.24, 2.45) is 0 Å². The van der Waals surface area contributed by atoms with Gasteiger partial charge in [0, 0.05) is 26.9 Å². The van der Waals surface area contributed by atoms with Crippen LogP contribution in [0.25, 0.3) is 0 Å². The fourth-order valence-electron chi connectivity index (χ4n) is 3.30. The van der Waals surface area contributed by atoms with Gasteiger partial charge in [-0.1, -0.05) is 35.3 Å². The Hall–Kier alpha value is -2.28. The molecule has 1 aliphatic rings. The van der Waals surface area contributed by atoms with Crippen molar-refractivity contribution in [2.45, 2.75) is 33.4 Å². The highest BCUT2D eigenvalue weighted by atomic mass is 35.5. The Bertz CT molecular complexity index is 1020. The van der Waals surface area contributed by atoms with E-state index < -0.39 is 0 Å². The molecule has 0 aromatic heterocycles. The number of hydrogen-bond donors (Lipinski definition) is 2. The van der Waals surface area contributed by atoms with E-state index in [1.54, 1.807) is 19.1 Å². The molecule has 0 amide bonds. The van der Waals surface area contributed by atoms with Crippen LogP contribution in [0, 0.1) is 0 Å². The van der Waals surface area contributed by atoms with Crippen LogP contribution in [0.1, 0.15) is 37.9 Å². The maximum atomic E-state index is 12.2. The number of hydrogen-bond acceptors (Lipinski definition) is 4. The standard InChI is InChI=1S/C22H22Cl2N2O3S/c1-4-28-19-9-14(21-20(13(3)27)12(2)25-22(30)26-21)6-8-18(19)29-11-15-5-7-16(23)10-17(15)24/h5-10,21H,4,11H2,1-3H3,(H2,25,26,30). The van der Waals surface area contributed by atoms with Gasteiger partial charge in [0.05, 0.1) is 12.6 Å². The summed E-state index contributed by atoms with van der Waals surface area (Å²) in [5, 5.41) is 7.76. The second kappa shape index (κ2) is 9.69. The number of ketones is 1. The Kier molecular flexibility index (Phi) is 7.23. The van der Waals surface area contributed by atoms with E-state index in [0.29, 0.717) is 38.8 Å². The molecule has 0 fully saturated rings. The van der Waals surface area contributed by atoms with Crippen molar-refractivity contribution in [1.29, 1.82) is 0 Å². The van der Waals surface area contributed by atoms with Gasteiger partial charge in [0.1, 0.15) is 6.61 Å². The third-order valence-corrected chi connectivity index (χ3v) is 5.45. The maximum absolute atomic E-state index is 12.2. The highest BCUT2D eigenvalue weighted by Gasteiger charge is 2.28. The van der Waals surface area contributed by atoms with Crippen molar-refractivity contribution in [3.05, 3.63) is 68.8 Å². The molecule has 0 saturated carbocycles. The first-order valence-corrected chi connectivity index (χ1v) is 10.6. The Balaban J connectivity index is 1.90. The molecule has 1 unspecified atom stereocenters. The molecule has 1 heterocycles. The van der Waals surface area contributed by atoms with Crippen molar-refractivity contribution >= 4 is 46.3 Å². The van der Waals surface area contributed by atoms with Crippen LogP contribution in [0.3, 0.4) is 0 Å². The molecule has 0 aliphatic carbocycles. The van der Waals surface area contributed by atoms with Gasteiger partial charge in [-0.3, -0.25) is 4.79 Å². The number of carbonyl (C=O) groups excluding carboxylic acids is 1. The van der Waals surface area contributed by atoms with Crippen LogP contribution in [-0.4, -0.2) is 17.5 Å². The number of nitrogens with one attached hydrogen (secondary N) is 2. The number of benzene rings is 2. The SMILES string of the molecule is CCOc1cc(C2NC(=S)NC(C)=C2C(C)=O)ccc1OCc1ccc(Cl)cc1Cl. The van der Waals surface area contributed by atoms with Crippen molar-refractivity contribution in [2.75, 3.05) is 6.61 Å². The van der Waals surface area contributed by atoms with E-state index in [1.807, 2.05) is 38.1 Å². The number of ether oxygens (including phenoxy) is 2. The first-order chi connectivity index (χ1) is 14.3. The minimum Gasteiger partial charge on any atom is -0.490 e. The number of thiocarbonyl (C=S) groups is 1. The fourth-order valence-corrected chi connectivity index (χ4v) is 4.03. The van der Waals surface area contributed by atoms with Crippen LogP contribution in [0.15, 0.2) is 47.7 Å². The van der Waals surface area contributed by atoms with Gasteiger partial charge >= 0.3 is 0 Å². The number of rotatable bonds is 7. The van der Waals surface area contributed by atoms with E-state index in [2.05, 4.69) is 10.6 Å². The monoisotopic (exact) mass is 464 g/mol. The maximum Gasteiger partial charge on any atom is 0.171 e. The molecule has 1 aliphatic heterocycles. The summed E-state index contributed by atoms with van der Waals surface area (Å²) in [6, 6.07) is 10.5. The number of allylic oxidation sites excluding steroid dienone is 1. The molecule has 158 valence electrons. The second-order valence-corrected chi connectivity index (χ2v) is 8.04. The molecule has 0 bridgehead atoms. The minimum atomic E-state index is -0.366. The van der Waals surface area contributed by atoms with Crippen LogP contribution in [-0.2, 0) is 11.4 Å². The van der Waals surface area contributed by atoms with Crippen molar-refractivity contribution < 1.29 is 14.3 Å². The summed E-state index contributed by atoms with van der Waals surface area (Å²) in [6.07, 6.45) is 0. The molecule has 30 heavy (non-hydrogen) atoms. The lowest BCUT2D eigenvalue weighted by Gasteiger charge is -2.30. The van der Waals surface area contributed by atoms with Gasteiger partial charge in [-0.25, -0.2) is 0 Å². The molecule has 5 nitrogen and oxygen atoms in total. The predicted octanol–water partition coefficient (Wildman–Crippen LogP) is 5.35. The van der Waals surface area contributed by atoms with Crippen LogP contribution >= 0.6 is 35.4 Å². The molecule has 0 saturated heterocycles. The molecule has 0 spiro atoms. The summed E-state index contributed by atoms with van der Waals surface area (Å²) in [5.41, 5.74) is 3.04. The van der Waals surface area contributed by atoms with Crippen LogP contribution in [0.5, 0.6) is 11.5 Å². The quantitative estimate of drug-likeness (QED) is 0.538. The van der Waals surface area contributed by atoms with Crippen molar-refractivity contribution in [3.8, 4) is 11.5 Å². The van der Waals surface area contributed by atoms with Gasteiger partial charge in [0.25, 0.3) is 0 Å². The summed E-state index contributed by atoms with van der Waals surface area (Å²) in [7, 11) is 0. The van der Waals surface area contributed by atoms with Crippen molar-refractivity contribution in [3.63, 3.8) is 0 Å². The van der Waals surface area contributed by atoms with Gasteiger partial charge in [0.15, 0.2) is 22.4 Å². The Morgan fingerprint density at radius 2 is 1.90 bits per heavy atom. The number of halogens is 2. The lowest BCUT2D eigenvalue weighted by molar-refractivity contribution is -0.114. The molecule has 2 aromatic rings. The zero-order chi connectivity index (χ0) is 21.8. The summed E-state index contributed by atoms with van der Waals surface area (Å²) < 4.78 is 11.8. The van der Waals surface area contributed by atoms with E-state index in [-0.39, 0.29) is 18.4 Å². The van der Waals surface area contributed by atoms with E-state index in [4.69, 9.17) is 44.9 Å². The fraction of sp³-hybridized carbons (Fsp3) is 0.273. The van der Waals surface area contributed by atoms with Gasteiger partial charge in [-0.15, -0.1) is 0 Å². The third kappa shape index (κ3) is 5.06. The molecule has 0 radical (unpaired) electrons. The first-order valence-electron chi connectivity index (χ1n) is 9.42. The topological polar surface area (TPSA) is 59.6 Å². The number of Topliss-reactive ketones (excluding diaryl/α,β-unsaturated/α-hetero) is 1. The van der Waals surface area contributed by atoms with Gasteiger partial charge in [-0.2, -0.15) is 0 Å². The normalized spacial score (nSPS) is 16.0. The molecule has 3 rings (SSSR count). The van der Waals surface area contributed by atoms with E-state index >= 15 is 0 Å². The van der Waals surface area contributed by atoms with Crippen LogP contribution in [0.2, 0.25) is 10.0 Å².